The third kappa shape index (κ3) is 2.48. The first-order chi connectivity index (χ1) is 5.24. The van der Waals surface area contributed by atoms with E-state index in [4.69, 9.17) is 0 Å². The van der Waals surface area contributed by atoms with Crippen molar-refractivity contribution in [3.8, 4) is 0 Å². The Hall–Kier alpha value is -0.0400. The molecule has 0 aromatic rings. The molecule has 0 spiro atoms. The van der Waals surface area contributed by atoms with Gasteiger partial charge in [0.25, 0.3) is 0 Å². The van der Waals surface area contributed by atoms with Crippen molar-refractivity contribution in [2.24, 2.45) is 11.8 Å². The highest BCUT2D eigenvalue weighted by molar-refractivity contribution is 4.75. The molecule has 0 heterocycles. The summed E-state index contributed by atoms with van der Waals surface area (Å²) in [7, 11) is 2.06. The van der Waals surface area contributed by atoms with Gasteiger partial charge >= 0.3 is 0 Å². The van der Waals surface area contributed by atoms with Crippen molar-refractivity contribution in [3.05, 3.63) is 0 Å². The largest absolute Gasteiger partial charge is 0.317 e. The van der Waals surface area contributed by atoms with Gasteiger partial charge in [0.15, 0.2) is 0 Å². The summed E-state index contributed by atoms with van der Waals surface area (Å²) in [5.74, 6) is 1.91. The summed E-state index contributed by atoms with van der Waals surface area (Å²) < 4.78 is 0. The highest BCUT2D eigenvalue weighted by Gasteiger charge is 2.21. The standard InChI is InChI=1S/C10H21N/c1-8(9(2)11-3)7-10-5-4-6-10/h8-11H,4-7H2,1-3H3. The second kappa shape index (κ2) is 4.10. The van der Waals surface area contributed by atoms with Crippen molar-refractivity contribution >= 4 is 0 Å². The fourth-order valence-electron chi connectivity index (χ4n) is 1.74. The molecule has 2 unspecified atom stereocenters. The zero-order valence-corrected chi connectivity index (χ0v) is 8.06. The van der Waals surface area contributed by atoms with E-state index in [9.17, 15) is 0 Å². The SMILES string of the molecule is CNC(C)C(C)CC1CCC1. The Labute approximate surface area is 70.6 Å². The summed E-state index contributed by atoms with van der Waals surface area (Å²) in [6, 6.07) is 0.690. The minimum absolute atomic E-state index is 0.690. The average molecular weight is 155 g/mol. The molecule has 1 fully saturated rings. The van der Waals surface area contributed by atoms with Gasteiger partial charge in [0.2, 0.25) is 0 Å². The van der Waals surface area contributed by atoms with Gasteiger partial charge in [-0.15, -0.1) is 0 Å². The second-order valence-corrected chi connectivity index (χ2v) is 4.09. The van der Waals surface area contributed by atoms with Crippen molar-refractivity contribution in [1.29, 1.82) is 0 Å². The van der Waals surface area contributed by atoms with E-state index in [1.165, 1.54) is 25.7 Å². The second-order valence-electron chi connectivity index (χ2n) is 4.09. The van der Waals surface area contributed by atoms with Crippen molar-refractivity contribution < 1.29 is 0 Å². The lowest BCUT2D eigenvalue weighted by Gasteiger charge is -2.30. The van der Waals surface area contributed by atoms with Crippen LogP contribution in [0.2, 0.25) is 0 Å². The summed E-state index contributed by atoms with van der Waals surface area (Å²) in [5.41, 5.74) is 0. The Bertz CT molecular complexity index is 107. The lowest BCUT2D eigenvalue weighted by atomic mass is 9.78. The third-order valence-electron chi connectivity index (χ3n) is 3.24. The molecule has 66 valence electrons. The molecule has 1 heteroatoms. The first-order valence-electron chi connectivity index (χ1n) is 4.91. The molecule has 11 heavy (non-hydrogen) atoms. The van der Waals surface area contributed by atoms with Gasteiger partial charge in [-0.3, -0.25) is 0 Å². The van der Waals surface area contributed by atoms with Crippen LogP contribution < -0.4 is 5.32 Å². The molecule has 0 aromatic carbocycles. The molecule has 0 aromatic heterocycles. The highest BCUT2D eigenvalue weighted by Crippen LogP contribution is 2.32. The van der Waals surface area contributed by atoms with Crippen LogP contribution in [0.1, 0.15) is 39.5 Å². The molecule has 1 saturated carbocycles. The van der Waals surface area contributed by atoms with Gasteiger partial charge in [-0.1, -0.05) is 26.2 Å². The van der Waals surface area contributed by atoms with Gasteiger partial charge < -0.3 is 5.32 Å². The van der Waals surface area contributed by atoms with Crippen LogP contribution in [0.15, 0.2) is 0 Å². The quantitative estimate of drug-likeness (QED) is 0.657. The number of rotatable bonds is 4. The van der Waals surface area contributed by atoms with Crippen LogP contribution in [0.5, 0.6) is 0 Å². The molecule has 1 aliphatic rings. The molecule has 0 amide bonds. The molecule has 0 bridgehead atoms. The van der Waals surface area contributed by atoms with Gasteiger partial charge in [-0.05, 0) is 32.2 Å². The van der Waals surface area contributed by atoms with E-state index in [0.29, 0.717) is 6.04 Å². The van der Waals surface area contributed by atoms with Gasteiger partial charge in [-0.25, -0.2) is 0 Å². The smallest absolute Gasteiger partial charge is 0.00614 e. The fourth-order valence-corrected chi connectivity index (χ4v) is 1.74. The molecule has 1 aliphatic carbocycles. The monoisotopic (exact) mass is 155 g/mol. The van der Waals surface area contributed by atoms with Gasteiger partial charge in [0.05, 0.1) is 0 Å². The minimum atomic E-state index is 0.690. The topological polar surface area (TPSA) is 12.0 Å². The lowest BCUT2D eigenvalue weighted by Crippen LogP contribution is -2.31. The Morgan fingerprint density at radius 1 is 1.36 bits per heavy atom. The van der Waals surface area contributed by atoms with E-state index in [2.05, 4.69) is 26.2 Å². The zero-order chi connectivity index (χ0) is 8.27. The zero-order valence-electron chi connectivity index (χ0n) is 8.06. The number of nitrogens with one attached hydrogen (secondary N) is 1. The molecule has 0 saturated heterocycles. The summed E-state index contributed by atoms with van der Waals surface area (Å²) in [5, 5.41) is 3.32. The van der Waals surface area contributed by atoms with Crippen LogP contribution in [-0.4, -0.2) is 13.1 Å². The van der Waals surface area contributed by atoms with Gasteiger partial charge in [-0.2, -0.15) is 0 Å². The average Bonchev–Trinajstić information content (AvgIpc) is 1.94. The van der Waals surface area contributed by atoms with E-state index < -0.39 is 0 Å². The number of hydrogen-bond donors (Lipinski definition) is 1. The molecule has 1 N–H and O–H groups in total. The Morgan fingerprint density at radius 2 is 2.00 bits per heavy atom. The summed E-state index contributed by atoms with van der Waals surface area (Å²) in [6.07, 6.45) is 5.88. The molecule has 0 aliphatic heterocycles. The maximum absolute atomic E-state index is 3.32. The number of hydrogen-bond acceptors (Lipinski definition) is 1. The third-order valence-corrected chi connectivity index (χ3v) is 3.24. The van der Waals surface area contributed by atoms with E-state index in [0.717, 1.165) is 11.8 Å². The van der Waals surface area contributed by atoms with E-state index >= 15 is 0 Å². The van der Waals surface area contributed by atoms with Crippen LogP contribution in [0.4, 0.5) is 0 Å². The van der Waals surface area contributed by atoms with E-state index in [1.807, 2.05) is 0 Å². The lowest BCUT2D eigenvalue weighted by molar-refractivity contribution is 0.235. The normalized spacial score (nSPS) is 24.3. The first-order valence-corrected chi connectivity index (χ1v) is 4.91. The van der Waals surface area contributed by atoms with Crippen LogP contribution in [0.25, 0.3) is 0 Å². The minimum Gasteiger partial charge on any atom is -0.317 e. The fraction of sp³-hybridized carbons (Fsp3) is 1.00. The van der Waals surface area contributed by atoms with Gasteiger partial charge in [0.1, 0.15) is 0 Å². The predicted molar refractivity (Wildman–Crippen MR) is 49.6 cm³/mol. The molecular formula is C10H21N. The predicted octanol–water partition coefficient (Wildman–Crippen LogP) is 2.42. The van der Waals surface area contributed by atoms with E-state index in [1.54, 1.807) is 0 Å². The van der Waals surface area contributed by atoms with Crippen LogP contribution in [0.3, 0.4) is 0 Å². The summed E-state index contributed by atoms with van der Waals surface area (Å²) in [6.45, 7) is 4.64. The van der Waals surface area contributed by atoms with Gasteiger partial charge in [0, 0.05) is 6.04 Å². The maximum Gasteiger partial charge on any atom is 0.00614 e. The Kier molecular flexibility index (Phi) is 3.38. The summed E-state index contributed by atoms with van der Waals surface area (Å²) in [4.78, 5) is 0. The molecule has 0 radical (unpaired) electrons. The van der Waals surface area contributed by atoms with Crippen LogP contribution >= 0.6 is 0 Å². The Balaban J connectivity index is 2.13. The molecular weight excluding hydrogens is 134 g/mol. The first kappa shape index (κ1) is 9.05. The van der Waals surface area contributed by atoms with E-state index in [-0.39, 0.29) is 0 Å². The van der Waals surface area contributed by atoms with Crippen molar-refractivity contribution in [1.82, 2.24) is 5.32 Å². The Morgan fingerprint density at radius 3 is 2.36 bits per heavy atom. The summed E-state index contributed by atoms with van der Waals surface area (Å²) >= 11 is 0. The van der Waals surface area contributed by atoms with Crippen molar-refractivity contribution in [2.45, 2.75) is 45.6 Å². The maximum atomic E-state index is 3.32. The van der Waals surface area contributed by atoms with Crippen LogP contribution in [-0.2, 0) is 0 Å². The molecule has 1 rings (SSSR count). The van der Waals surface area contributed by atoms with Crippen molar-refractivity contribution in [2.75, 3.05) is 7.05 Å². The molecule has 1 nitrogen and oxygen atoms in total. The van der Waals surface area contributed by atoms with Crippen LogP contribution in [0, 0.1) is 11.8 Å². The molecule has 2 atom stereocenters. The van der Waals surface area contributed by atoms with Crippen molar-refractivity contribution in [3.63, 3.8) is 0 Å². The highest BCUT2D eigenvalue weighted by atomic mass is 14.9.